The highest BCUT2D eigenvalue weighted by Crippen LogP contribution is 2.15. The predicted octanol–water partition coefficient (Wildman–Crippen LogP) is 3.53. The highest BCUT2D eigenvalue weighted by Gasteiger charge is 2.12. The van der Waals surface area contributed by atoms with Crippen molar-refractivity contribution in [1.82, 2.24) is 19.7 Å². The molecule has 0 bridgehead atoms. The Bertz CT molecular complexity index is 927. The SMILES string of the molecule is CCSc1nc(C)cc(C(=O)Nc2cnn(Cc3ccccc3F)c2)n1. The summed E-state index contributed by atoms with van der Waals surface area (Å²) in [5, 5.41) is 7.50. The Kier molecular flexibility index (Phi) is 5.62. The topological polar surface area (TPSA) is 72.7 Å². The van der Waals surface area contributed by atoms with E-state index >= 15 is 0 Å². The second kappa shape index (κ2) is 8.09. The molecule has 0 radical (unpaired) electrons. The second-order valence-corrected chi connectivity index (χ2v) is 6.81. The monoisotopic (exact) mass is 371 g/mol. The summed E-state index contributed by atoms with van der Waals surface area (Å²) in [4.78, 5) is 21.0. The number of hydrogen-bond donors (Lipinski definition) is 1. The number of benzene rings is 1. The lowest BCUT2D eigenvalue weighted by Gasteiger charge is -2.05. The van der Waals surface area contributed by atoms with E-state index in [1.54, 1.807) is 35.1 Å². The van der Waals surface area contributed by atoms with Gasteiger partial charge in [0.1, 0.15) is 11.5 Å². The summed E-state index contributed by atoms with van der Waals surface area (Å²) in [5.41, 5.74) is 2.08. The fraction of sp³-hybridized carbons (Fsp3) is 0.222. The Morgan fingerprint density at radius 2 is 2.12 bits per heavy atom. The van der Waals surface area contributed by atoms with E-state index in [1.165, 1.54) is 24.0 Å². The average molecular weight is 371 g/mol. The number of aromatic nitrogens is 4. The van der Waals surface area contributed by atoms with E-state index in [0.717, 1.165) is 11.4 Å². The van der Waals surface area contributed by atoms with Gasteiger partial charge in [0.15, 0.2) is 5.16 Å². The molecule has 0 fully saturated rings. The lowest BCUT2D eigenvalue weighted by molar-refractivity contribution is 0.102. The molecule has 0 spiro atoms. The average Bonchev–Trinajstić information content (AvgIpc) is 3.04. The van der Waals surface area contributed by atoms with Crippen molar-refractivity contribution in [3.63, 3.8) is 0 Å². The van der Waals surface area contributed by atoms with Crippen molar-refractivity contribution in [3.8, 4) is 0 Å². The summed E-state index contributed by atoms with van der Waals surface area (Å²) in [7, 11) is 0. The minimum Gasteiger partial charge on any atom is -0.318 e. The van der Waals surface area contributed by atoms with Gasteiger partial charge in [0.05, 0.1) is 18.4 Å². The molecule has 0 aliphatic rings. The second-order valence-electron chi connectivity index (χ2n) is 5.58. The lowest BCUT2D eigenvalue weighted by atomic mass is 10.2. The maximum absolute atomic E-state index is 13.7. The third-order valence-electron chi connectivity index (χ3n) is 3.52. The molecule has 8 heteroatoms. The van der Waals surface area contributed by atoms with Crippen LogP contribution in [0.2, 0.25) is 0 Å². The normalized spacial score (nSPS) is 10.7. The number of nitrogens with one attached hydrogen (secondary N) is 1. The first-order chi connectivity index (χ1) is 12.5. The van der Waals surface area contributed by atoms with Crippen LogP contribution in [0.25, 0.3) is 0 Å². The molecule has 2 heterocycles. The highest BCUT2D eigenvalue weighted by atomic mass is 32.2. The molecule has 1 N–H and O–H groups in total. The summed E-state index contributed by atoms with van der Waals surface area (Å²) >= 11 is 1.48. The van der Waals surface area contributed by atoms with E-state index in [1.807, 2.05) is 13.8 Å². The number of anilines is 1. The van der Waals surface area contributed by atoms with Crippen molar-refractivity contribution in [2.45, 2.75) is 25.5 Å². The van der Waals surface area contributed by atoms with E-state index in [0.29, 0.717) is 22.1 Å². The molecule has 1 aromatic carbocycles. The van der Waals surface area contributed by atoms with Crippen LogP contribution in [0, 0.1) is 12.7 Å². The summed E-state index contributed by atoms with van der Waals surface area (Å²) < 4.78 is 15.3. The molecular formula is C18H18FN5OS. The lowest BCUT2D eigenvalue weighted by Crippen LogP contribution is -2.14. The molecule has 0 aliphatic heterocycles. The van der Waals surface area contributed by atoms with Crippen LogP contribution < -0.4 is 5.32 Å². The first-order valence-electron chi connectivity index (χ1n) is 8.11. The number of carbonyl (C=O) groups is 1. The molecule has 0 aliphatic carbocycles. The van der Waals surface area contributed by atoms with Gasteiger partial charge in [0.25, 0.3) is 5.91 Å². The summed E-state index contributed by atoms with van der Waals surface area (Å²) in [6.45, 7) is 4.11. The zero-order chi connectivity index (χ0) is 18.5. The van der Waals surface area contributed by atoms with Crippen LogP contribution in [0.1, 0.15) is 28.7 Å². The zero-order valence-electron chi connectivity index (χ0n) is 14.4. The van der Waals surface area contributed by atoms with E-state index in [9.17, 15) is 9.18 Å². The molecule has 6 nitrogen and oxygen atoms in total. The van der Waals surface area contributed by atoms with Gasteiger partial charge in [-0.05, 0) is 24.8 Å². The maximum Gasteiger partial charge on any atom is 0.274 e. The fourth-order valence-corrected chi connectivity index (χ4v) is 2.99. The van der Waals surface area contributed by atoms with Crippen molar-refractivity contribution in [2.75, 3.05) is 11.1 Å². The molecule has 26 heavy (non-hydrogen) atoms. The highest BCUT2D eigenvalue weighted by molar-refractivity contribution is 7.99. The van der Waals surface area contributed by atoms with Gasteiger partial charge in [-0.15, -0.1) is 0 Å². The number of thioether (sulfide) groups is 1. The van der Waals surface area contributed by atoms with Crippen LogP contribution in [-0.2, 0) is 6.54 Å². The van der Waals surface area contributed by atoms with Gasteiger partial charge in [-0.25, -0.2) is 14.4 Å². The summed E-state index contributed by atoms with van der Waals surface area (Å²) in [6, 6.07) is 8.16. The van der Waals surface area contributed by atoms with Crippen LogP contribution in [0.15, 0.2) is 47.9 Å². The van der Waals surface area contributed by atoms with Crippen LogP contribution in [-0.4, -0.2) is 31.4 Å². The Morgan fingerprint density at radius 1 is 1.31 bits per heavy atom. The Balaban J connectivity index is 1.71. The molecule has 0 saturated carbocycles. The summed E-state index contributed by atoms with van der Waals surface area (Å²) in [6.07, 6.45) is 3.18. The van der Waals surface area contributed by atoms with Crippen molar-refractivity contribution in [3.05, 3.63) is 65.5 Å². The number of hydrogen-bond acceptors (Lipinski definition) is 5. The van der Waals surface area contributed by atoms with E-state index in [2.05, 4.69) is 20.4 Å². The molecule has 0 atom stereocenters. The molecule has 1 amide bonds. The van der Waals surface area contributed by atoms with Crippen LogP contribution >= 0.6 is 11.8 Å². The van der Waals surface area contributed by atoms with Crippen LogP contribution in [0.3, 0.4) is 0 Å². The zero-order valence-corrected chi connectivity index (χ0v) is 15.3. The maximum atomic E-state index is 13.7. The van der Waals surface area contributed by atoms with Gasteiger partial charge >= 0.3 is 0 Å². The molecular weight excluding hydrogens is 353 g/mol. The fourth-order valence-electron chi connectivity index (χ4n) is 2.36. The van der Waals surface area contributed by atoms with Gasteiger partial charge in [0, 0.05) is 17.5 Å². The number of nitrogens with zero attached hydrogens (tertiary/aromatic N) is 4. The summed E-state index contributed by atoms with van der Waals surface area (Å²) in [5.74, 6) is 0.206. The van der Waals surface area contributed by atoms with E-state index < -0.39 is 0 Å². The van der Waals surface area contributed by atoms with Crippen LogP contribution in [0.4, 0.5) is 10.1 Å². The number of rotatable bonds is 6. The molecule has 2 aromatic heterocycles. The Labute approximate surface area is 154 Å². The first-order valence-corrected chi connectivity index (χ1v) is 9.09. The van der Waals surface area contributed by atoms with Crippen molar-refractivity contribution in [1.29, 1.82) is 0 Å². The van der Waals surface area contributed by atoms with Gasteiger partial charge in [0.2, 0.25) is 0 Å². The minimum atomic E-state index is -0.334. The Morgan fingerprint density at radius 3 is 2.88 bits per heavy atom. The molecule has 134 valence electrons. The number of carbonyl (C=O) groups excluding carboxylic acids is 1. The molecule has 0 unspecified atom stereocenters. The standard InChI is InChI=1S/C18H18FN5OS/c1-3-26-18-21-12(2)8-16(23-18)17(25)22-14-9-20-24(11-14)10-13-6-4-5-7-15(13)19/h4-9,11H,3,10H2,1-2H3,(H,22,25). The molecule has 3 aromatic rings. The van der Waals surface area contributed by atoms with E-state index in [-0.39, 0.29) is 18.3 Å². The van der Waals surface area contributed by atoms with Crippen LogP contribution in [0.5, 0.6) is 0 Å². The quantitative estimate of drug-likeness (QED) is 0.530. The molecule has 3 rings (SSSR count). The third kappa shape index (κ3) is 4.45. The van der Waals surface area contributed by atoms with Gasteiger partial charge in [-0.2, -0.15) is 5.10 Å². The van der Waals surface area contributed by atoms with Crippen molar-refractivity contribution >= 4 is 23.4 Å². The number of aryl methyl sites for hydroxylation is 1. The smallest absolute Gasteiger partial charge is 0.274 e. The minimum absolute atomic E-state index is 0.284. The number of amides is 1. The largest absolute Gasteiger partial charge is 0.318 e. The molecule has 0 saturated heterocycles. The van der Waals surface area contributed by atoms with Gasteiger partial charge in [-0.1, -0.05) is 36.9 Å². The van der Waals surface area contributed by atoms with E-state index in [4.69, 9.17) is 0 Å². The third-order valence-corrected chi connectivity index (χ3v) is 4.25. The number of halogens is 1. The van der Waals surface area contributed by atoms with Crippen molar-refractivity contribution in [2.24, 2.45) is 0 Å². The predicted molar refractivity (Wildman–Crippen MR) is 98.8 cm³/mol. The van der Waals surface area contributed by atoms with Gasteiger partial charge < -0.3 is 5.32 Å². The first kappa shape index (κ1) is 18.1. The van der Waals surface area contributed by atoms with Crippen molar-refractivity contribution < 1.29 is 9.18 Å². The Hall–Kier alpha value is -2.74. The van der Waals surface area contributed by atoms with Gasteiger partial charge in [-0.3, -0.25) is 9.48 Å².